The molecule has 1 aromatic rings. The van der Waals surface area contributed by atoms with E-state index in [1.165, 1.54) is 17.6 Å². The van der Waals surface area contributed by atoms with E-state index in [2.05, 4.69) is 33.8 Å². The van der Waals surface area contributed by atoms with Gasteiger partial charge >= 0.3 is 0 Å². The number of hydrogen-bond acceptors (Lipinski definition) is 3. The summed E-state index contributed by atoms with van der Waals surface area (Å²) >= 11 is 0. The smallest absolute Gasteiger partial charge is 0.167 e. The first-order valence-corrected chi connectivity index (χ1v) is 9.49. The lowest BCUT2D eigenvalue weighted by atomic mass is 9.66. The predicted molar refractivity (Wildman–Crippen MR) is 102 cm³/mol. The van der Waals surface area contributed by atoms with Gasteiger partial charge in [0.05, 0.1) is 14.2 Å². The van der Waals surface area contributed by atoms with Gasteiger partial charge in [-0.05, 0) is 49.4 Å². The normalized spacial score (nSPS) is 21.9. The van der Waals surface area contributed by atoms with Crippen LogP contribution < -0.4 is 9.47 Å². The van der Waals surface area contributed by atoms with Crippen LogP contribution in [0.1, 0.15) is 69.6 Å². The lowest BCUT2D eigenvalue weighted by molar-refractivity contribution is 0.203. The van der Waals surface area contributed by atoms with Crippen LogP contribution in [-0.4, -0.2) is 19.3 Å². The van der Waals surface area contributed by atoms with Crippen molar-refractivity contribution in [2.45, 2.75) is 65.7 Å². The highest BCUT2D eigenvalue weighted by molar-refractivity contribution is 5.65. The second-order valence-electron chi connectivity index (χ2n) is 8.51. The quantitative estimate of drug-likeness (QED) is 0.748. The van der Waals surface area contributed by atoms with Crippen molar-refractivity contribution in [1.82, 2.24) is 0 Å². The predicted octanol–water partition coefficient (Wildman–Crippen LogP) is 5.38. The van der Waals surface area contributed by atoms with Crippen molar-refractivity contribution in [3.8, 4) is 17.2 Å². The summed E-state index contributed by atoms with van der Waals surface area (Å²) in [7, 11) is 3.37. The first-order chi connectivity index (χ1) is 11.8. The fourth-order valence-electron chi connectivity index (χ4n) is 4.94. The number of hydrogen-bond donors (Lipinski definition) is 1. The molecule has 0 amide bonds. The first kappa shape index (κ1) is 18.2. The first-order valence-electron chi connectivity index (χ1n) is 9.49. The summed E-state index contributed by atoms with van der Waals surface area (Å²) in [6.45, 7) is 9.01. The van der Waals surface area contributed by atoms with Crippen LogP contribution in [0.2, 0.25) is 0 Å². The minimum atomic E-state index is 0.224. The highest BCUT2D eigenvalue weighted by Crippen LogP contribution is 2.53. The average Bonchev–Trinajstić information content (AvgIpc) is 2.75. The zero-order chi connectivity index (χ0) is 18.4. The Morgan fingerprint density at radius 3 is 2.40 bits per heavy atom. The van der Waals surface area contributed by atoms with E-state index in [-0.39, 0.29) is 5.92 Å². The zero-order valence-corrected chi connectivity index (χ0v) is 16.5. The molecule has 0 bridgehead atoms. The van der Waals surface area contributed by atoms with Gasteiger partial charge in [0.2, 0.25) is 0 Å². The Morgan fingerprint density at radius 1 is 1.12 bits per heavy atom. The second kappa shape index (κ2) is 6.59. The number of phenolic OH excluding ortho intramolecular Hbond substituents is 1. The highest BCUT2D eigenvalue weighted by Gasteiger charge is 2.38. The minimum Gasteiger partial charge on any atom is -0.504 e. The molecule has 3 heteroatoms. The molecule has 25 heavy (non-hydrogen) atoms. The highest BCUT2D eigenvalue weighted by atomic mass is 16.5. The van der Waals surface area contributed by atoms with E-state index in [4.69, 9.17) is 9.47 Å². The van der Waals surface area contributed by atoms with Gasteiger partial charge in [0.25, 0.3) is 0 Å². The van der Waals surface area contributed by atoms with E-state index in [0.717, 1.165) is 42.6 Å². The van der Waals surface area contributed by atoms with E-state index in [9.17, 15) is 5.11 Å². The molecule has 0 saturated carbocycles. The Bertz CT molecular complexity index is 698. The van der Waals surface area contributed by atoms with Gasteiger partial charge < -0.3 is 14.6 Å². The Balaban J connectivity index is 2.20. The number of ether oxygens (including phenoxy) is 2. The maximum atomic E-state index is 11.0. The van der Waals surface area contributed by atoms with Gasteiger partial charge in [-0.25, -0.2) is 0 Å². The molecule has 0 fully saturated rings. The standard InChI is InChI=1S/C22H32O3/c1-13(2)18-20(24-5)15-9-10-17-14(8-7-11-22(17,3)4)12-16(15)19(23)21(18)25-6/h8,13,17,23H,7,9-12H2,1-6H3/t17-/m1/s1. The minimum absolute atomic E-state index is 0.224. The third-order valence-electron chi connectivity index (χ3n) is 6.26. The van der Waals surface area contributed by atoms with Crippen molar-refractivity contribution in [2.24, 2.45) is 11.3 Å². The van der Waals surface area contributed by atoms with Crippen molar-refractivity contribution in [3.63, 3.8) is 0 Å². The molecule has 3 rings (SSSR count). The van der Waals surface area contributed by atoms with E-state index >= 15 is 0 Å². The van der Waals surface area contributed by atoms with Gasteiger partial charge in [0.1, 0.15) is 5.75 Å². The molecule has 0 spiro atoms. The van der Waals surface area contributed by atoms with E-state index in [1.54, 1.807) is 14.2 Å². The van der Waals surface area contributed by atoms with Gasteiger partial charge in [-0.1, -0.05) is 39.3 Å². The second-order valence-corrected chi connectivity index (χ2v) is 8.51. The van der Waals surface area contributed by atoms with E-state index in [1.807, 2.05) is 0 Å². The van der Waals surface area contributed by atoms with Gasteiger partial charge in [0, 0.05) is 16.7 Å². The Labute approximate surface area is 152 Å². The van der Waals surface area contributed by atoms with Crippen LogP contribution >= 0.6 is 0 Å². The Morgan fingerprint density at radius 2 is 1.80 bits per heavy atom. The van der Waals surface area contributed by atoms with Crippen LogP contribution in [0.4, 0.5) is 0 Å². The van der Waals surface area contributed by atoms with Crippen LogP contribution in [0, 0.1) is 11.3 Å². The van der Waals surface area contributed by atoms with Crippen molar-refractivity contribution in [1.29, 1.82) is 0 Å². The van der Waals surface area contributed by atoms with Crippen LogP contribution in [-0.2, 0) is 12.8 Å². The summed E-state index contributed by atoms with van der Waals surface area (Å²) in [5.41, 5.74) is 4.96. The van der Waals surface area contributed by atoms with Crippen molar-refractivity contribution >= 4 is 0 Å². The molecular weight excluding hydrogens is 312 g/mol. The molecular formula is C22H32O3. The summed E-state index contributed by atoms with van der Waals surface area (Å²) in [6, 6.07) is 0. The van der Waals surface area contributed by atoms with Crippen LogP contribution in [0.5, 0.6) is 17.2 Å². The molecule has 1 atom stereocenters. The number of allylic oxidation sites excluding steroid dienone is 2. The number of aromatic hydroxyl groups is 1. The largest absolute Gasteiger partial charge is 0.504 e. The average molecular weight is 344 g/mol. The molecule has 0 aliphatic heterocycles. The molecule has 0 heterocycles. The molecule has 3 nitrogen and oxygen atoms in total. The van der Waals surface area contributed by atoms with Gasteiger partial charge in [-0.15, -0.1) is 0 Å². The summed E-state index contributed by atoms with van der Waals surface area (Å²) in [5.74, 6) is 2.61. The third-order valence-corrected chi connectivity index (χ3v) is 6.26. The molecule has 0 unspecified atom stereocenters. The molecule has 0 saturated heterocycles. The lowest BCUT2D eigenvalue weighted by Gasteiger charge is -2.39. The van der Waals surface area contributed by atoms with Crippen molar-refractivity contribution in [3.05, 3.63) is 28.3 Å². The van der Waals surface area contributed by atoms with Crippen LogP contribution in [0.25, 0.3) is 0 Å². The maximum Gasteiger partial charge on any atom is 0.167 e. The van der Waals surface area contributed by atoms with E-state index < -0.39 is 0 Å². The topological polar surface area (TPSA) is 38.7 Å². The molecule has 0 radical (unpaired) electrons. The lowest BCUT2D eigenvalue weighted by Crippen LogP contribution is -2.29. The third kappa shape index (κ3) is 2.92. The fraction of sp³-hybridized carbons (Fsp3) is 0.636. The number of phenols is 1. The van der Waals surface area contributed by atoms with Gasteiger partial charge in [0.15, 0.2) is 11.5 Å². The summed E-state index contributed by atoms with van der Waals surface area (Å²) < 4.78 is 11.5. The van der Waals surface area contributed by atoms with Crippen molar-refractivity contribution in [2.75, 3.05) is 14.2 Å². The van der Waals surface area contributed by atoms with E-state index in [0.29, 0.717) is 22.8 Å². The summed E-state index contributed by atoms with van der Waals surface area (Å²) in [4.78, 5) is 0. The summed E-state index contributed by atoms with van der Waals surface area (Å²) in [6.07, 6.45) is 7.64. The zero-order valence-electron chi connectivity index (χ0n) is 16.5. The van der Waals surface area contributed by atoms with Gasteiger partial charge in [-0.3, -0.25) is 0 Å². The summed E-state index contributed by atoms with van der Waals surface area (Å²) in [5, 5.41) is 11.0. The molecule has 1 N–H and O–H groups in total. The Hall–Kier alpha value is -1.64. The van der Waals surface area contributed by atoms with Gasteiger partial charge in [-0.2, -0.15) is 0 Å². The number of rotatable bonds is 3. The molecule has 2 aliphatic rings. The SMILES string of the molecule is COc1c(O)c2c(c(OC)c1C(C)C)CC[C@@H]1C(=CCCC1(C)C)C2. The monoisotopic (exact) mass is 344 g/mol. The molecule has 2 aliphatic carbocycles. The fourth-order valence-corrected chi connectivity index (χ4v) is 4.94. The van der Waals surface area contributed by atoms with Crippen LogP contribution in [0.3, 0.4) is 0 Å². The molecule has 1 aromatic carbocycles. The van der Waals surface area contributed by atoms with Crippen LogP contribution in [0.15, 0.2) is 11.6 Å². The molecule has 0 aromatic heterocycles. The Kier molecular flexibility index (Phi) is 4.78. The maximum absolute atomic E-state index is 11.0. The number of methoxy groups -OCH3 is 2. The van der Waals surface area contributed by atoms with Crippen molar-refractivity contribution < 1.29 is 14.6 Å². The molecule has 138 valence electrons. The number of fused-ring (bicyclic) bond motifs is 2. The number of benzene rings is 1.